The van der Waals surface area contributed by atoms with E-state index < -0.39 is 11.8 Å². The van der Waals surface area contributed by atoms with Crippen LogP contribution in [0.4, 0.5) is 4.39 Å². The minimum atomic E-state index is -1.21. The average Bonchev–Trinajstić information content (AvgIpc) is 2.86. The van der Waals surface area contributed by atoms with E-state index in [4.69, 9.17) is 5.11 Å². The van der Waals surface area contributed by atoms with Crippen molar-refractivity contribution in [1.82, 2.24) is 4.90 Å². The van der Waals surface area contributed by atoms with Crippen molar-refractivity contribution in [2.24, 2.45) is 5.41 Å². The van der Waals surface area contributed by atoms with Gasteiger partial charge in [-0.1, -0.05) is 20.8 Å². The van der Waals surface area contributed by atoms with Gasteiger partial charge in [0.2, 0.25) is 0 Å². The van der Waals surface area contributed by atoms with Gasteiger partial charge in [-0.25, -0.2) is 9.18 Å². The zero-order valence-electron chi connectivity index (χ0n) is 12.5. The molecule has 1 aliphatic rings. The Morgan fingerprint density at radius 3 is 2.52 bits per heavy atom. The summed E-state index contributed by atoms with van der Waals surface area (Å²) in [5.74, 6) is -2.34. The number of carbonyl (C=O) groups excluding carboxylic acids is 1. The number of carboxylic acids is 1. The van der Waals surface area contributed by atoms with E-state index in [2.05, 4.69) is 20.8 Å². The summed E-state index contributed by atoms with van der Waals surface area (Å²) >= 11 is 0. The number of aromatic carboxylic acids is 1. The first-order valence-electron chi connectivity index (χ1n) is 7.05. The topological polar surface area (TPSA) is 57.6 Å². The third-order valence-electron chi connectivity index (χ3n) is 3.96. The van der Waals surface area contributed by atoms with Crippen molar-refractivity contribution in [1.29, 1.82) is 0 Å². The number of rotatable bonds is 2. The van der Waals surface area contributed by atoms with Gasteiger partial charge in [0, 0.05) is 12.6 Å². The summed E-state index contributed by atoms with van der Waals surface area (Å²) in [7, 11) is 0. The highest BCUT2D eigenvalue weighted by Gasteiger charge is 2.37. The van der Waals surface area contributed by atoms with Gasteiger partial charge in [0.05, 0.1) is 11.1 Å². The van der Waals surface area contributed by atoms with Crippen LogP contribution < -0.4 is 0 Å². The molecule has 1 N–H and O–H groups in total. The van der Waals surface area contributed by atoms with Gasteiger partial charge < -0.3 is 10.0 Å². The van der Waals surface area contributed by atoms with Crippen molar-refractivity contribution in [3.63, 3.8) is 0 Å². The minimum absolute atomic E-state index is 0.0591. The van der Waals surface area contributed by atoms with Crippen LogP contribution in [0.2, 0.25) is 0 Å². The fraction of sp³-hybridized carbons (Fsp3) is 0.500. The molecular formula is C16H20FNO3. The molecule has 0 aromatic heterocycles. The predicted molar refractivity (Wildman–Crippen MR) is 76.9 cm³/mol. The van der Waals surface area contributed by atoms with Gasteiger partial charge in [0.15, 0.2) is 0 Å². The SMILES string of the molecule is CC(C)(C)C1CCCN1C(=O)c1ccc(C(=O)O)cc1F. The second-order valence-electron chi connectivity index (χ2n) is 6.52. The van der Waals surface area contributed by atoms with E-state index in [0.29, 0.717) is 6.54 Å². The quantitative estimate of drug-likeness (QED) is 0.911. The molecule has 21 heavy (non-hydrogen) atoms. The maximum Gasteiger partial charge on any atom is 0.335 e. The summed E-state index contributed by atoms with van der Waals surface area (Å²) in [5, 5.41) is 8.84. The van der Waals surface area contributed by atoms with E-state index in [9.17, 15) is 14.0 Å². The Hall–Kier alpha value is -1.91. The zero-order valence-corrected chi connectivity index (χ0v) is 12.5. The van der Waals surface area contributed by atoms with E-state index in [0.717, 1.165) is 18.9 Å². The van der Waals surface area contributed by atoms with Gasteiger partial charge in [-0.3, -0.25) is 4.79 Å². The summed E-state index contributed by atoms with van der Waals surface area (Å²) in [6.07, 6.45) is 1.81. The first kappa shape index (κ1) is 15.5. The fourth-order valence-electron chi connectivity index (χ4n) is 2.89. The second-order valence-corrected chi connectivity index (χ2v) is 6.52. The molecule has 5 heteroatoms. The van der Waals surface area contributed by atoms with Gasteiger partial charge in [0.1, 0.15) is 5.82 Å². The molecule has 4 nitrogen and oxygen atoms in total. The summed E-state index contributed by atoms with van der Waals surface area (Å²) in [4.78, 5) is 25.1. The van der Waals surface area contributed by atoms with Crippen LogP contribution in [-0.4, -0.2) is 34.5 Å². The number of nitrogens with zero attached hydrogens (tertiary/aromatic N) is 1. The number of benzene rings is 1. The number of carbonyl (C=O) groups is 2. The third kappa shape index (κ3) is 3.06. The molecule has 1 heterocycles. The van der Waals surface area contributed by atoms with E-state index in [1.807, 2.05) is 0 Å². The molecule has 1 aromatic carbocycles. The van der Waals surface area contributed by atoms with Gasteiger partial charge in [-0.15, -0.1) is 0 Å². The molecule has 0 radical (unpaired) electrons. The Bertz CT molecular complexity index is 577. The Labute approximate surface area is 123 Å². The number of carboxylic acid groups (broad SMARTS) is 1. The lowest BCUT2D eigenvalue weighted by atomic mass is 9.85. The summed E-state index contributed by atoms with van der Waals surface area (Å²) < 4.78 is 14.0. The highest BCUT2D eigenvalue weighted by Crippen LogP contribution is 2.33. The number of likely N-dealkylation sites (tertiary alicyclic amines) is 1. The number of hydrogen-bond acceptors (Lipinski definition) is 2. The standard InChI is InChI=1S/C16H20FNO3/c1-16(2,3)13-5-4-8-18(13)14(19)11-7-6-10(15(20)21)9-12(11)17/h6-7,9,13H,4-5,8H2,1-3H3,(H,20,21). The Morgan fingerprint density at radius 2 is 2.00 bits per heavy atom. The van der Waals surface area contributed by atoms with E-state index in [1.165, 1.54) is 12.1 Å². The fourth-order valence-corrected chi connectivity index (χ4v) is 2.89. The van der Waals surface area contributed by atoms with Crippen molar-refractivity contribution in [3.05, 3.63) is 35.1 Å². The number of hydrogen-bond donors (Lipinski definition) is 1. The van der Waals surface area contributed by atoms with Crippen LogP contribution in [-0.2, 0) is 0 Å². The van der Waals surface area contributed by atoms with Crippen LogP contribution in [0.1, 0.15) is 54.3 Å². The molecule has 0 aliphatic carbocycles. The molecule has 1 aromatic rings. The molecular weight excluding hydrogens is 273 g/mol. The van der Waals surface area contributed by atoms with Crippen molar-refractivity contribution < 1.29 is 19.1 Å². The highest BCUT2D eigenvalue weighted by atomic mass is 19.1. The lowest BCUT2D eigenvalue weighted by Gasteiger charge is -2.35. The summed E-state index contributed by atoms with van der Waals surface area (Å²) in [5.41, 5.74) is -0.280. The molecule has 0 bridgehead atoms. The molecule has 1 fully saturated rings. The summed E-state index contributed by atoms with van der Waals surface area (Å²) in [6.45, 7) is 6.80. The van der Waals surface area contributed by atoms with Gasteiger partial charge in [0.25, 0.3) is 5.91 Å². The normalized spacial score (nSPS) is 18.9. The van der Waals surface area contributed by atoms with Gasteiger partial charge in [-0.05, 0) is 36.5 Å². The first-order valence-corrected chi connectivity index (χ1v) is 7.05. The first-order chi connectivity index (χ1) is 9.71. The lowest BCUT2D eigenvalue weighted by molar-refractivity contribution is 0.0619. The van der Waals surface area contributed by atoms with Gasteiger partial charge >= 0.3 is 5.97 Å². The largest absolute Gasteiger partial charge is 0.478 e. The molecule has 0 saturated carbocycles. The molecule has 0 spiro atoms. The predicted octanol–water partition coefficient (Wildman–Crippen LogP) is 3.17. The molecule has 2 rings (SSSR count). The van der Waals surface area contributed by atoms with Crippen LogP contribution in [0.25, 0.3) is 0 Å². The molecule has 1 aliphatic heterocycles. The number of amides is 1. The van der Waals surface area contributed by atoms with Crippen molar-refractivity contribution in [2.45, 2.75) is 39.7 Å². The Balaban J connectivity index is 2.30. The van der Waals surface area contributed by atoms with Crippen molar-refractivity contribution >= 4 is 11.9 Å². The third-order valence-corrected chi connectivity index (χ3v) is 3.96. The minimum Gasteiger partial charge on any atom is -0.478 e. The van der Waals surface area contributed by atoms with E-state index in [-0.39, 0.29) is 28.5 Å². The molecule has 1 saturated heterocycles. The van der Waals surface area contributed by atoms with Crippen LogP contribution in [0.5, 0.6) is 0 Å². The molecule has 1 amide bonds. The maximum absolute atomic E-state index is 14.0. The van der Waals surface area contributed by atoms with Crippen LogP contribution in [0.3, 0.4) is 0 Å². The maximum atomic E-state index is 14.0. The zero-order chi connectivity index (χ0) is 15.8. The smallest absolute Gasteiger partial charge is 0.335 e. The highest BCUT2D eigenvalue weighted by molar-refractivity contribution is 5.96. The lowest BCUT2D eigenvalue weighted by Crippen LogP contribution is -2.43. The van der Waals surface area contributed by atoms with Crippen LogP contribution >= 0.6 is 0 Å². The van der Waals surface area contributed by atoms with Gasteiger partial charge in [-0.2, -0.15) is 0 Å². The molecule has 1 unspecified atom stereocenters. The Kier molecular flexibility index (Phi) is 4.03. The summed E-state index contributed by atoms with van der Waals surface area (Å²) in [6, 6.07) is 3.50. The Morgan fingerprint density at radius 1 is 1.33 bits per heavy atom. The number of halogens is 1. The van der Waals surface area contributed by atoms with E-state index in [1.54, 1.807) is 4.90 Å². The van der Waals surface area contributed by atoms with Crippen LogP contribution in [0, 0.1) is 11.2 Å². The van der Waals surface area contributed by atoms with E-state index >= 15 is 0 Å². The van der Waals surface area contributed by atoms with Crippen molar-refractivity contribution in [2.75, 3.05) is 6.54 Å². The van der Waals surface area contributed by atoms with Crippen LogP contribution in [0.15, 0.2) is 18.2 Å². The second kappa shape index (κ2) is 5.47. The molecule has 1 atom stereocenters. The monoisotopic (exact) mass is 293 g/mol. The molecule has 114 valence electrons. The average molecular weight is 293 g/mol. The van der Waals surface area contributed by atoms with Crippen molar-refractivity contribution in [3.8, 4) is 0 Å².